The minimum Gasteiger partial charge on any atom is -0.481 e. The van der Waals surface area contributed by atoms with E-state index in [4.69, 9.17) is 15.0 Å². The molecule has 0 unspecified atom stereocenters. The molecule has 0 amide bonds. The normalized spacial score (nSPS) is 5.86. The van der Waals surface area contributed by atoms with Gasteiger partial charge in [0.1, 0.15) is 0 Å². The molecule has 7 heavy (non-hydrogen) atoms. The summed E-state index contributed by atoms with van der Waals surface area (Å²) in [5.41, 5.74) is 0. The summed E-state index contributed by atoms with van der Waals surface area (Å²) in [4.78, 5) is 23.3. The average Bonchev–Trinajstić information content (AvgIpc) is 1.73. The van der Waals surface area contributed by atoms with Crippen LogP contribution < -0.4 is 0 Å². The zero-order chi connectivity index (χ0) is 6.28. The summed E-state index contributed by atoms with van der Waals surface area (Å²) >= 11 is 3.42. The molecule has 0 aromatic carbocycles. The molecule has 0 rings (SSSR count). The molecule has 0 saturated carbocycles. The van der Waals surface area contributed by atoms with Gasteiger partial charge in [0.15, 0.2) is 0 Å². The van der Waals surface area contributed by atoms with E-state index in [2.05, 4.69) is 12.6 Å². The predicted octanol–water partition coefficient (Wildman–Crippen LogP) is 0.0678. The van der Waals surface area contributed by atoms with E-state index in [1.165, 1.54) is 0 Å². The van der Waals surface area contributed by atoms with E-state index in [9.17, 15) is 4.79 Å². The molecule has 0 aliphatic heterocycles. The number of hydrogen-bond acceptors (Lipinski definition) is 4. The van der Waals surface area contributed by atoms with Crippen molar-refractivity contribution in [2.24, 2.45) is 0 Å². The maximum atomic E-state index is 9.29. The second-order valence-corrected chi connectivity index (χ2v) is 0.868. The Kier molecular flexibility index (Phi) is 12.5. The third-order valence-electron chi connectivity index (χ3n) is 0.135. The van der Waals surface area contributed by atoms with Crippen LogP contribution >= 0.6 is 12.6 Å². The molecule has 0 bridgehead atoms. The number of hydrogen-bond donors (Lipinski definition) is 2. The molecule has 0 saturated heterocycles. The van der Waals surface area contributed by atoms with Gasteiger partial charge in [-0.1, -0.05) is 0 Å². The first-order valence-electron chi connectivity index (χ1n) is 1.26. The van der Waals surface area contributed by atoms with E-state index in [0.29, 0.717) is 0 Å². The van der Waals surface area contributed by atoms with E-state index in [-0.39, 0.29) is 5.75 Å². The van der Waals surface area contributed by atoms with Crippen molar-refractivity contribution in [3.05, 3.63) is 9.93 Å². The molecule has 0 radical (unpaired) electrons. The Bertz CT molecular complexity index is 53.7. The second kappa shape index (κ2) is 9.05. The highest BCUT2D eigenvalue weighted by molar-refractivity contribution is 7.81. The van der Waals surface area contributed by atoms with E-state index in [1.54, 1.807) is 0 Å². The van der Waals surface area contributed by atoms with Crippen molar-refractivity contribution in [1.29, 1.82) is 0 Å². The van der Waals surface area contributed by atoms with Gasteiger partial charge >= 0.3 is 5.97 Å². The zero-order valence-electron chi connectivity index (χ0n) is 3.33. The lowest BCUT2D eigenvalue weighted by Crippen LogP contribution is -1.92. The fraction of sp³-hybridized carbons (Fsp3) is 0.500. The summed E-state index contributed by atoms with van der Waals surface area (Å²) in [5.74, 6) is -0.965. The molecule has 4 nitrogen and oxygen atoms in total. The molecule has 42 valence electrons. The van der Waals surface area contributed by atoms with Gasteiger partial charge < -0.3 is 5.11 Å². The molecule has 0 atom stereocenters. The van der Waals surface area contributed by atoms with Crippen molar-refractivity contribution in [3.63, 3.8) is 0 Å². The van der Waals surface area contributed by atoms with Crippen LogP contribution in [-0.4, -0.2) is 16.8 Å². The van der Waals surface area contributed by atoms with Gasteiger partial charge in [-0.2, -0.15) is 12.6 Å². The first-order valence-corrected chi connectivity index (χ1v) is 1.90. The maximum absolute atomic E-state index is 9.29. The fourth-order valence-corrected chi connectivity index (χ4v) is 0. The standard InChI is InChI=1S/C2H4O2S.O2/c3-2(4)1-5;1-2/h5H,1H2,(H,3,4);. The summed E-state index contributed by atoms with van der Waals surface area (Å²) < 4.78 is 0. The second-order valence-electron chi connectivity index (χ2n) is 0.552. The summed E-state index contributed by atoms with van der Waals surface area (Å²) in [5, 5.41) is 7.65. The SMILES string of the molecule is O=C(O)CS.O=O. The van der Waals surface area contributed by atoms with Gasteiger partial charge in [0.05, 0.1) is 5.75 Å². The molecule has 0 aromatic rings. The van der Waals surface area contributed by atoms with Gasteiger partial charge in [-0.15, -0.1) is 0 Å². The lowest BCUT2D eigenvalue weighted by molar-refractivity contribution is -0.133. The first-order chi connectivity index (χ1) is 3.27. The van der Waals surface area contributed by atoms with Gasteiger partial charge in [-0.05, 0) is 0 Å². The van der Waals surface area contributed by atoms with E-state index < -0.39 is 5.97 Å². The number of carboxylic acids is 1. The molecule has 0 aliphatic carbocycles. The van der Waals surface area contributed by atoms with Crippen molar-refractivity contribution in [1.82, 2.24) is 0 Å². The van der Waals surface area contributed by atoms with Crippen molar-refractivity contribution < 1.29 is 9.90 Å². The number of carbonyl (C=O) groups is 1. The highest BCUT2D eigenvalue weighted by Gasteiger charge is 1.81. The molecule has 0 spiro atoms. The Morgan fingerprint density at radius 3 is 1.71 bits per heavy atom. The van der Waals surface area contributed by atoms with Crippen LogP contribution in [0.5, 0.6) is 0 Å². The predicted molar refractivity (Wildman–Crippen MR) is 28.2 cm³/mol. The van der Waals surface area contributed by atoms with Crippen molar-refractivity contribution in [3.8, 4) is 0 Å². The van der Waals surface area contributed by atoms with Gasteiger partial charge in [-0.3, -0.25) is 4.79 Å². The van der Waals surface area contributed by atoms with Crippen LogP contribution in [0.1, 0.15) is 0 Å². The Hall–Kier alpha value is -0.580. The highest BCUT2D eigenvalue weighted by Crippen LogP contribution is 1.66. The molecular weight excluding hydrogens is 120 g/mol. The minimum atomic E-state index is -0.881. The number of rotatable bonds is 1. The van der Waals surface area contributed by atoms with Crippen LogP contribution in [-0.2, 0) is 4.79 Å². The van der Waals surface area contributed by atoms with E-state index in [1.807, 2.05) is 0 Å². The number of carboxylic acid groups (broad SMARTS) is 1. The van der Waals surface area contributed by atoms with Gasteiger partial charge in [0.2, 0.25) is 0 Å². The molecule has 0 fully saturated rings. The summed E-state index contributed by atoms with van der Waals surface area (Å²) in [6.07, 6.45) is 0. The molecule has 5 heteroatoms. The molecule has 1 N–H and O–H groups in total. The van der Waals surface area contributed by atoms with E-state index >= 15 is 0 Å². The minimum absolute atomic E-state index is 0.0833. The van der Waals surface area contributed by atoms with Crippen LogP contribution in [0.4, 0.5) is 0 Å². The van der Waals surface area contributed by atoms with Crippen molar-refractivity contribution >= 4 is 18.6 Å². The topological polar surface area (TPSA) is 71.4 Å². The molecule has 0 aliphatic rings. The van der Waals surface area contributed by atoms with Crippen LogP contribution in [0.15, 0.2) is 0 Å². The average molecular weight is 124 g/mol. The lowest BCUT2D eigenvalue weighted by atomic mass is 10.8. The first kappa shape index (κ1) is 9.65. The van der Waals surface area contributed by atoms with Crippen LogP contribution in [0, 0.1) is 9.93 Å². The highest BCUT2D eigenvalue weighted by atomic mass is 32.1. The molecular formula is C2H4O4S. The van der Waals surface area contributed by atoms with Gasteiger partial charge in [0.25, 0.3) is 0 Å². The number of thiol groups is 1. The smallest absolute Gasteiger partial charge is 0.313 e. The Morgan fingerprint density at radius 2 is 1.71 bits per heavy atom. The van der Waals surface area contributed by atoms with Crippen LogP contribution in [0.2, 0.25) is 0 Å². The third-order valence-corrected chi connectivity index (χ3v) is 0.406. The molecule has 0 heterocycles. The van der Waals surface area contributed by atoms with Gasteiger partial charge in [-0.25, -0.2) is 0 Å². The quantitative estimate of drug-likeness (QED) is 0.485. The lowest BCUT2D eigenvalue weighted by Gasteiger charge is -1.71. The summed E-state index contributed by atoms with van der Waals surface area (Å²) in [6.45, 7) is 0. The van der Waals surface area contributed by atoms with Crippen LogP contribution in [0.3, 0.4) is 0 Å². The van der Waals surface area contributed by atoms with Crippen molar-refractivity contribution in [2.75, 3.05) is 5.75 Å². The largest absolute Gasteiger partial charge is 0.481 e. The molecule has 0 aromatic heterocycles. The van der Waals surface area contributed by atoms with Gasteiger partial charge in [0, 0.05) is 9.93 Å². The Balaban J connectivity index is 0. The van der Waals surface area contributed by atoms with E-state index in [0.717, 1.165) is 0 Å². The third kappa shape index (κ3) is 31.4. The van der Waals surface area contributed by atoms with Crippen LogP contribution in [0.25, 0.3) is 0 Å². The monoisotopic (exact) mass is 124 g/mol. The summed E-state index contributed by atoms with van der Waals surface area (Å²) in [7, 11) is 0. The Labute approximate surface area is 45.2 Å². The maximum Gasteiger partial charge on any atom is 0.313 e. The number of aliphatic carboxylic acids is 1. The zero-order valence-corrected chi connectivity index (χ0v) is 4.22. The van der Waals surface area contributed by atoms with Crippen molar-refractivity contribution in [2.45, 2.75) is 0 Å². The fourth-order valence-electron chi connectivity index (χ4n) is 0. The summed E-state index contributed by atoms with van der Waals surface area (Å²) in [6, 6.07) is 0. The Morgan fingerprint density at radius 1 is 1.57 bits per heavy atom.